The van der Waals surface area contributed by atoms with Crippen LogP contribution >= 0.6 is 11.6 Å². The largest absolute Gasteiger partial charge is 0.478 e. The van der Waals surface area contributed by atoms with Crippen molar-refractivity contribution in [3.05, 3.63) is 28.8 Å². The van der Waals surface area contributed by atoms with E-state index < -0.39 is 12.0 Å². The second-order valence-electron chi connectivity index (χ2n) is 3.99. The van der Waals surface area contributed by atoms with E-state index in [1.807, 2.05) is 0 Å². The molecule has 0 radical (unpaired) electrons. The summed E-state index contributed by atoms with van der Waals surface area (Å²) in [6.07, 6.45) is 0. The van der Waals surface area contributed by atoms with Crippen molar-refractivity contribution < 1.29 is 24.2 Å². The molecule has 0 aliphatic carbocycles. The van der Waals surface area contributed by atoms with Gasteiger partial charge in [0.25, 0.3) is 0 Å². The van der Waals surface area contributed by atoms with Gasteiger partial charge in [0.1, 0.15) is 0 Å². The predicted molar refractivity (Wildman–Crippen MR) is 78.1 cm³/mol. The molecular weight excluding hydrogens is 300 g/mol. The first-order valence-corrected chi connectivity index (χ1v) is 6.56. The van der Waals surface area contributed by atoms with Crippen molar-refractivity contribution in [2.45, 2.75) is 0 Å². The van der Waals surface area contributed by atoms with Crippen molar-refractivity contribution in [2.24, 2.45) is 0 Å². The molecule has 116 valence electrons. The molecule has 0 aliphatic heterocycles. The third-order valence-electron chi connectivity index (χ3n) is 2.43. The van der Waals surface area contributed by atoms with Gasteiger partial charge in [0.2, 0.25) is 0 Å². The van der Waals surface area contributed by atoms with E-state index in [0.717, 1.165) is 0 Å². The maximum absolute atomic E-state index is 11.6. The summed E-state index contributed by atoms with van der Waals surface area (Å²) in [6, 6.07) is 3.57. The molecule has 1 aromatic carbocycles. The number of carboxylic acids is 1. The van der Waals surface area contributed by atoms with E-state index in [-0.39, 0.29) is 16.3 Å². The second kappa shape index (κ2) is 9.17. The van der Waals surface area contributed by atoms with Crippen molar-refractivity contribution in [1.29, 1.82) is 0 Å². The zero-order valence-corrected chi connectivity index (χ0v) is 12.3. The molecule has 0 aliphatic rings. The molecule has 1 aromatic rings. The van der Waals surface area contributed by atoms with Gasteiger partial charge in [-0.3, -0.25) is 0 Å². The molecule has 21 heavy (non-hydrogen) atoms. The summed E-state index contributed by atoms with van der Waals surface area (Å²) in [6.45, 7) is 1.60. The molecule has 0 unspecified atom stereocenters. The van der Waals surface area contributed by atoms with Crippen LogP contribution in [-0.4, -0.2) is 50.6 Å². The molecule has 0 atom stereocenters. The third-order valence-corrected chi connectivity index (χ3v) is 2.75. The lowest BCUT2D eigenvalue weighted by Gasteiger charge is -2.10. The van der Waals surface area contributed by atoms with Crippen LogP contribution in [0.2, 0.25) is 5.02 Å². The molecule has 3 N–H and O–H groups in total. The maximum atomic E-state index is 11.6. The molecule has 8 heteroatoms. The number of nitrogens with one attached hydrogen (secondary N) is 2. The molecule has 0 fully saturated rings. The fraction of sp³-hybridized carbons (Fsp3) is 0.385. The summed E-state index contributed by atoms with van der Waals surface area (Å²) in [4.78, 5) is 22.5. The Bertz CT molecular complexity index is 495. The van der Waals surface area contributed by atoms with Crippen LogP contribution in [0.3, 0.4) is 0 Å². The Kier molecular flexibility index (Phi) is 7.52. The van der Waals surface area contributed by atoms with E-state index in [0.29, 0.717) is 26.4 Å². The molecule has 0 saturated heterocycles. The number of carbonyl (C=O) groups is 2. The molecule has 1 rings (SSSR count). The summed E-state index contributed by atoms with van der Waals surface area (Å²) < 4.78 is 9.98. The van der Waals surface area contributed by atoms with Gasteiger partial charge in [-0.25, -0.2) is 9.59 Å². The third kappa shape index (κ3) is 6.44. The van der Waals surface area contributed by atoms with Gasteiger partial charge < -0.3 is 25.2 Å². The number of anilines is 1. The minimum Gasteiger partial charge on any atom is -0.478 e. The molecule has 0 bridgehead atoms. The van der Waals surface area contributed by atoms with Gasteiger partial charge in [-0.1, -0.05) is 11.6 Å². The molecule has 0 saturated carbocycles. The average molecular weight is 317 g/mol. The van der Waals surface area contributed by atoms with E-state index in [2.05, 4.69) is 10.6 Å². The number of carboxylic acid groups (broad SMARTS) is 1. The van der Waals surface area contributed by atoms with Crippen LogP contribution in [0, 0.1) is 0 Å². The fourth-order valence-electron chi connectivity index (χ4n) is 1.40. The van der Waals surface area contributed by atoms with Crippen molar-refractivity contribution >= 4 is 29.3 Å². The van der Waals surface area contributed by atoms with Crippen LogP contribution in [0.4, 0.5) is 10.5 Å². The summed E-state index contributed by atoms with van der Waals surface area (Å²) >= 11 is 5.89. The van der Waals surface area contributed by atoms with E-state index in [4.69, 9.17) is 26.2 Å². The number of ether oxygens (including phenoxy) is 2. The first-order chi connectivity index (χ1) is 10.0. The summed E-state index contributed by atoms with van der Waals surface area (Å²) in [5.74, 6) is -1.10. The minimum atomic E-state index is -1.10. The fourth-order valence-corrected chi connectivity index (χ4v) is 1.57. The Morgan fingerprint density at radius 2 is 2.05 bits per heavy atom. The number of halogens is 1. The second-order valence-corrected chi connectivity index (χ2v) is 4.39. The Morgan fingerprint density at radius 3 is 2.71 bits per heavy atom. The standard InChI is InChI=1S/C13H17ClN2O5/c1-20-6-7-21-5-4-15-13(19)16-11-8-9(12(17)18)2-3-10(11)14/h2-3,8H,4-7H2,1H3,(H,17,18)(H2,15,16,19). The maximum Gasteiger partial charge on any atom is 0.335 e. The highest BCUT2D eigenvalue weighted by Gasteiger charge is 2.09. The van der Waals surface area contributed by atoms with Crippen molar-refractivity contribution in [1.82, 2.24) is 5.32 Å². The number of hydrogen-bond donors (Lipinski definition) is 3. The zero-order chi connectivity index (χ0) is 15.7. The number of methoxy groups -OCH3 is 1. The van der Waals surface area contributed by atoms with E-state index in [1.54, 1.807) is 7.11 Å². The smallest absolute Gasteiger partial charge is 0.335 e. The normalized spacial score (nSPS) is 10.2. The monoisotopic (exact) mass is 316 g/mol. The quantitative estimate of drug-likeness (QED) is 0.636. The van der Waals surface area contributed by atoms with Crippen LogP contribution in [0.15, 0.2) is 18.2 Å². The number of urea groups is 1. The van der Waals surface area contributed by atoms with Crippen molar-refractivity contribution in [2.75, 3.05) is 38.8 Å². The van der Waals surface area contributed by atoms with Crippen LogP contribution in [0.1, 0.15) is 10.4 Å². The van der Waals surface area contributed by atoms with Gasteiger partial charge >= 0.3 is 12.0 Å². The lowest BCUT2D eigenvalue weighted by molar-refractivity contribution is 0.0697. The number of benzene rings is 1. The van der Waals surface area contributed by atoms with Crippen LogP contribution in [0.25, 0.3) is 0 Å². The summed E-state index contributed by atoms with van der Waals surface area (Å²) in [5.41, 5.74) is 0.270. The lowest BCUT2D eigenvalue weighted by Crippen LogP contribution is -2.32. The topological polar surface area (TPSA) is 96.9 Å². The molecule has 7 nitrogen and oxygen atoms in total. The lowest BCUT2D eigenvalue weighted by atomic mass is 10.2. The highest BCUT2D eigenvalue weighted by molar-refractivity contribution is 6.33. The first-order valence-electron chi connectivity index (χ1n) is 6.19. The molecule has 0 spiro atoms. The number of aromatic carboxylic acids is 1. The Hall–Kier alpha value is -1.83. The Labute approximate surface area is 127 Å². The van der Waals surface area contributed by atoms with Gasteiger partial charge in [-0.15, -0.1) is 0 Å². The highest BCUT2D eigenvalue weighted by Crippen LogP contribution is 2.22. The van der Waals surface area contributed by atoms with Crippen LogP contribution < -0.4 is 10.6 Å². The van der Waals surface area contributed by atoms with Crippen LogP contribution in [-0.2, 0) is 9.47 Å². The van der Waals surface area contributed by atoms with Crippen molar-refractivity contribution in [3.63, 3.8) is 0 Å². The average Bonchev–Trinajstić information content (AvgIpc) is 2.44. The molecule has 0 heterocycles. The Balaban J connectivity index is 2.40. The van der Waals surface area contributed by atoms with Crippen LogP contribution in [0.5, 0.6) is 0 Å². The van der Waals surface area contributed by atoms with E-state index in [9.17, 15) is 9.59 Å². The van der Waals surface area contributed by atoms with Gasteiger partial charge in [0.05, 0.1) is 36.1 Å². The molecule has 0 aromatic heterocycles. The SMILES string of the molecule is COCCOCCNC(=O)Nc1cc(C(=O)O)ccc1Cl. The zero-order valence-electron chi connectivity index (χ0n) is 11.5. The highest BCUT2D eigenvalue weighted by atomic mass is 35.5. The predicted octanol–water partition coefficient (Wildman–Crippen LogP) is 1.82. The number of amides is 2. The number of hydrogen-bond acceptors (Lipinski definition) is 4. The molecular formula is C13H17ClN2O5. The minimum absolute atomic E-state index is 0.0394. The van der Waals surface area contributed by atoms with E-state index in [1.165, 1.54) is 18.2 Å². The van der Waals surface area contributed by atoms with E-state index >= 15 is 0 Å². The molecule has 2 amide bonds. The van der Waals surface area contributed by atoms with Crippen molar-refractivity contribution in [3.8, 4) is 0 Å². The first kappa shape index (κ1) is 17.2. The van der Waals surface area contributed by atoms with Gasteiger partial charge in [0, 0.05) is 13.7 Å². The number of rotatable bonds is 8. The van der Waals surface area contributed by atoms with Gasteiger partial charge in [-0.2, -0.15) is 0 Å². The van der Waals surface area contributed by atoms with Gasteiger partial charge in [-0.05, 0) is 18.2 Å². The Morgan fingerprint density at radius 1 is 1.29 bits per heavy atom. The summed E-state index contributed by atoms with van der Waals surface area (Å²) in [5, 5.41) is 14.2. The van der Waals surface area contributed by atoms with Gasteiger partial charge in [0.15, 0.2) is 0 Å². The number of carbonyl (C=O) groups excluding carboxylic acids is 1. The summed E-state index contributed by atoms with van der Waals surface area (Å²) in [7, 11) is 1.57.